The van der Waals surface area contributed by atoms with Crippen LogP contribution in [0.4, 0.5) is 5.69 Å². The molecule has 32 heavy (non-hydrogen) atoms. The maximum absolute atomic E-state index is 13.2. The third-order valence-corrected chi connectivity index (χ3v) is 7.59. The Morgan fingerprint density at radius 3 is 2.75 bits per heavy atom. The molecule has 1 N–H and O–H groups in total. The zero-order valence-corrected chi connectivity index (χ0v) is 20.3. The number of amides is 1. The third kappa shape index (κ3) is 4.75. The summed E-state index contributed by atoms with van der Waals surface area (Å²) in [5.74, 6) is -0.0567. The standard InChI is InChI=1S/C24H22ClN3O2S2/c1-14-7-8-17(11-15(14)2)12-28-23(30)22-20(9-10-31-22)27-24(28)32-13-21(29)26-19-6-4-5-18(25)16(19)3/h4-11H,12-13H2,1-3H3,(H,26,29). The van der Waals surface area contributed by atoms with Gasteiger partial charge in [0.1, 0.15) is 4.70 Å². The lowest BCUT2D eigenvalue weighted by Gasteiger charge is -2.13. The average Bonchev–Trinajstić information content (AvgIpc) is 3.23. The van der Waals surface area contributed by atoms with Gasteiger partial charge in [0.05, 0.1) is 17.8 Å². The molecule has 0 aliphatic carbocycles. The first-order valence-electron chi connectivity index (χ1n) is 10.1. The second-order valence-corrected chi connectivity index (χ2v) is 9.85. The van der Waals surface area contributed by atoms with Gasteiger partial charge in [-0.3, -0.25) is 14.2 Å². The minimum atomic E-state index is -0.183. The maximum atomic E-state index is 13.2. The SMILES string of the molecule is Cc1ccc(Cn2c(SCC(=O)Nc3cccc(Cl)c3C)nc3ccsc3c2=O)cc1C. The summed E-state index contributed by atoms with van der Waals surface area (Å²) in [5, 5.41) is 5.88. The van der Waals surface area contributed by atoms with E-state index in [9.17, 15) is 9.59 Å². The smallest absolute Gasteiger partial charge is 0.272 e. The number of carbonyl (C=O) groups excluding carboxylic acids is 1. The molecule has 0 bridgehead atoms. The molecule has 8 heteroatoms. The Bertz CT molecular complexity index is 1380. The molecule has 0 spiro atoms. The van der Waals surface area contributed by atoms with Crippen molar-refractivity contribution in [2.45, 2.75) is 32.5 Å². The van der Waals surface area contributed by atoms with Gasteiger partial charge in [-0.05, 0) is 66.6 Å². The van der Waals surface area contributed by atoms with Crippen LogP contribution in [0, 0.1) is 20.8 Å². The summed E-state index contributed by atoms with van der Waals surface area (Å²) in [4.78, 5) is 30.5. The molecule has 4 aromatic rings. The molecular formula is C24H22ClN3O2S2. The van der Waals surface area contributed by atoms with E-state index in [1.54, 1.807) is 16.7 Å². The van der Waals surface area contributed by atoms with E-state index >= 15 is 0 Å². The van der Waals surface area contributed by atoms with Gasteiger partial charge in [-0.2, -0.15) is 0 Å². The number of anilines is 1. The molecule has 0 unspecified atom stereocenters. The molecule has 0 aliphatic heterocycles. The lowest BCUT2D eigenvalue weighted by Crippen LogP contribution is -2.24. The summed E-state index contributed by atoms with van der Waals surface area (Å²) in [6.07, 6.45) is 0. The summed E-state index contributed by atoms with van der Waals surface area (Å²) >= 11 is 8.79. The summed E-state index contributed by atoms with van der Waals surface area (Å²) < 4.78 is 2.28. The van der Waals surface area contributed by atoms with Crippen LogP contribution in [0.3, 0.4) is 0 Å². The van der Waals surface area contributed by atoms with Crippen molar-refractivity contribution in [1.82, 2.24) is 9.55 Å². The molecule has 0 saturated heterocycles. The first-order valence-corrected chi connectivity index (χ1v) is 12.3. The van der Waals surface area contributed by atoms with E-state index in [2.05, 4.69) is 36.3 Å². The Labute approximate surface area is 199 Å². The molecule has 0 aliphatic rings. The quantitative estimate of drug-likeness (QED) is 0.277. The fourth-order valence-electron chi connectivity index (χ4n) is 3.32. The maximum Gasteiger partial charge on any atom is 0.272 e. The number of hydrogen-bond acceptors (Lipinski definition) is 5. The molecule has 2 aromatic heterocycles. The molecule has 164 valence electrons. The van der Waals surface area contributed by atoms with E-state index in [4.69, 9.17) is 11.6 Å². The van der Waals surface area contributed by atoms with Crippen LogP contribution in [0.1, 0.15) is 22.3 Å². The normalized spacial score (nSPS) is 11.1. The Hall–Kier alpha value is -2.61. The molecular weight excluding hydrogens is 462 g/mol. The third-order valence-electron chi connectivity index (χ3n) is 5.32. The zero-order chi connectivity index (χ0) is 22.8. The Kier molecular flexibility index (Phi) is 6.69. The van der Waals surface area contributed by atoms with Crippen LogP contribution in [-0.2, 0) is 11.3 Å². The van der Waals surface area contributed by atoms with Gasteiger partial charge in [0.15, 0.2) is 5.16 Å². The van der Waals surface area contributed by atoms with E-state index in [1.807, 2.05) is 30.5 Å². The summed E-state index contributed by atoms with van der Waals surface area (Å²) in [6.45, 7) is 6.38. The van der Waals surface area contributed by atoms with Crippen molar-refractivity contribution in [2.75, 3.05) is 11.1 Å². The topological polar surface area (TPSA) is 64.0 Å². The lowest BCUT2D eigenvalue weighted by molar-refractivity contribution is -0.113. The van der Waals surface area contributed by atoms with Crippen LogP contribution < -0.4 is 10.9 Å². The van der Waals surface area contributed by atoms with E-state index in [0.29, 0.717) is 32.6 Å². The highest BCUT2D eigenvalue weighted by molar-refractivity contribution is 7.99. The van der Waals surface area contributed by atoms with Gasteiger partial charge in [-0.25, -0.2) is 4.98 Å². The molecule has 5 nitrogen and oxygen atoms in total. The van der Waals surface area contributed by atoms with Crippen molar-refractivity contribution in [1.29, 1.82) is 0 Å². The van der Waals surface area contributed by atoms with Crippen molar-refractivity contribution >= 4 is 56.5 Å². The molecule has 2 aromatic carbocycles. The number of rotatable bonds is 6. The van der Waals surface area contributed by atoms with E-state index in [1.165, 1.54) is 34.2 Å². The number of nitrogens with one attached hydrogen (secondary N) is 1. The first-order chi connectivity index (χ1) is 15.3. The minimum Gasteiger partial charge on any atom is -0.325 e. The number of aryl methyl sites for hydroxylation is 2. The Morgan fingerprint density at radius 1 is 1.16 bits per heavy atom. The number of benzene rings is 2. The Morgan fingerprint density at radius 2 is 1.97 bits per heavy atom. The summed E-state index contributed by atoms with van der Waals surface area (Å²) in [7, 11) is 0. The summed E-state index contributed by atoms with van der Waals surface area (Å²) in [5.41, 5.74) is 5.46. The predicted octanol–water partition coefficient (Wildman–Crippen LogP) is 5.82. The number of carbonyl (C=O) groups is 1. The zero-order valence-electron chi connectivity index (χ0n) is 17.9. The van der Waals surface area contributed by atoms with Gasteiger partial charge in [0.25, 0.3) is 5.56 Å². The second kappa shape index (κ2) is 9.48. The van der Waals surface area contributed by atoms with Crippen molar-refractivity contribution in [2.24, 2.45) is 0 Å². The van der Waals surface area contributed by atoms with E-state index < -0.39 is 0 Å². The van der Waals surface area contributed by atoms with Crippen molar-refractivity contribution in [3.8, 4) is 0 Å². The molecule has 0 atom stereocenters. The molecule has 2 heterocycles. The molecule has 0 saturated carbocycles. The minimum absolute atomic E-state index is 0.0863. The van der Waals surface area contributed by atoms with Crippen LogP contribution >= 0.6 is 34.7 Å². The lowest BCUT2D eigenvalue weighted by atomic mass is 10.1. The number of aromatic nitrogens is 2. The molecule has 0 fully saturated rings. The summed E-state index contributed by atoms with van der Waals surface area (Å²) in [6, 6.07) is 13.4. The number of nitrogens with zero attached hydrogens (tertiary/aromatic N) is 2. The largest absolute Gasteiger partial charge is 0.325 e. The van der Waals surface area contributed by atoms with Gasteiger partial charge in [0.2, 0.25) is 5.91 Å². The van der Waals surface area contributed by atoms with Gasteiger partial charge in [0, 0.05) is 10.7 Å². The van der Waals surface area contributed by atoms with Crippen LogP contribution in [0.15, 0.2) is 57.8 Å². The second-order valence-electron chi connectivity index (χ2n) is 7.59. The Balaban J connectivity index is 1.60. The molecule has 0 radical (unpaired) electrons. The van der Waals surface area contributed by atoms with E-state index in [0.717, 1.165) is 11.1 Å². The van der Waals surface area contributed by atoms with Gasteiger partial charge in [-0.15, -0.1) is 11.3 Å². The monoisotopic (exact) mass is 483 g/mol. The number of halogens is 1. The molecule has 1 amide bonds. The van der Waals surface area contributed by atoms with Gasteiger partial charge >= 0.3 is 0 Å². The highest BCUT2D eigenvalue weighted by Crippen LogP contribution is 2.25. The van der Waals surface area contributed by atoms with Gasteiger partial charge in [-0.1, -0.05) is 47.6 Å². The van der Waals surface area contributed by atoms with Crippen molar-refractivity contribution in [3.05, 3.63) is 85.5 Å². The van der Waals surface area contributed by atoms with Crippen LogP contribution in [0.2, 0.25) is 5.02 Å². The molecule has 4 rings (SSSR count). The van der Waals surface area contributed by atoms with Gasteiger partial charge < -0.3 is 5.32 Å². The number of thioether (sulfide) groups is 1. The fourth-order valence-corrected chi connectivity index (χ4v) is 5.07. The first kappa shape index (κ1) is 22.6. The van der Waals surface area contributed by atoms with Crippen LogP contribution in [-0.4, -0.2) is 21.2 Å². The highest BCUT2D eigenvalue weighted by atomic mass is 35.5. The van der Waals surface area contributed by atoms with E-state index in [-0.39, 0.29) is 17.2 Å². The number of hydrogen-bond donors (Lipinski definition) is 1. The number of thiophene rings is 1. The van der Waals surface area contributed by atoms with Crippen molar-refractivity contribution < 1.29 is 4.79 Å². The predicted molar refractivity (Wildman–Crippen MR) is 134 cm³/mol. The van der Waals surface area contributed by atoms with Crippen LogP contribution in [0.5, 0.6) is 0 Å². The fraction of sp³-hybridized carbons (Fsp3) is 0.208. The van der Waals surface area contributed by atoms with Crippen LogP contribution in [0.25, 0.3) is 10.2 Å². The highest BCUT2D eigenvalue weighted by Gasteiger charge is 2.15. The van der Waals surface area contributed by atoms with Crippen molar-refractivity contribution in [3.63, 3.8) is 0 Å². The number of fused-ring (bicyclic) bond motifs is 1. The average molecular weight is 484 g/mol.